The third kappa shape index (κ3) is 17.3. The van der Waals surface area contributed by atoms with Gasteiger partial charge >= 0.3 is 0 Å². The van der Waals surface area contributed by atoms with Crippen LogP contribution >= 0.6 is 0 Å². The van der Waals surface area contributed by atoms with Gasteiger partial charge in [0.05, 0.1) is 12.5 Å². The van der Waals surface area contributed by atoms with Crippen LogP contribution in [0.2, 0.25) is 0 Å². The average molecular weight is 266 g/mol. The first-order chi connectivity index (χ1) is 9.41. The summed E-state index contributed by atoms with van der Waals surface area (Å²) >= 11 is 0. The second-order valence-corrected chi connectivity index (χ2v) is 5.29. The topological polar surface area (TPSA) is 9.23 Å². The van der Waals surface area contributed by atoms with Crippen LogP contribution in [0.15, 0.2) is 24.7 Å². The molecule has 0 unspecified atom stereocenters. The van der Waals surface area contributed by atoms with E-state index in [1.165, 1.54) is 64.2 Å². The minimum absolute atomic E-state index is 1.15. The van der Waals surface area contributed by atoms with Crippen LogP contribution in [-0.2, 0) is 4.74 Å². The maximum absolute atomic E-state index is 5.33. The van der Waals surface area contributed by atoms with Crippen LogP contribution in [0.5, 0.6) is 0 Å². The molecule has 112 valence electrons. The van der Waals surface area contributed by atoms with Gasteiger partial charge in [0.2, 0.25) is 0 Å². The van der Waals surface area contributed by atoms with Crippen molar-refractivity contribution in [2.24, 2.45) is 0 Å². The quantitative estimate of drug-likeness (QED) is 0.249. The lowest BCUT2D eigenvalue weighted by atomic mass is 10.1. The van der Waals surface area contributed by atoms with E-state index in [0.717, 1.165) is 12.8 Å². The van der Waals surface area contributed by atoms with E-state index in [1.807, 2.05) is 12.5 Å². The molecule has 0 N–H and O–H groups in total. The van der Waals surface area contributed by atoms with Crippen molar-refractivity contribution in [3.8, 4) is 0 Å². The van der Waals surface area contributed by atoms with Crippen molar-refractivity contribution in [1.82, 2.24) is 0 Å². The Bertz CT molecular complexity index is 184. The van der Waals surface area contributed by atoms with E-state index in [1.54, 1.807) is 0 Å². The zero-order valence-electron chi connectivity index (χ0n) is 13.2. The molecule has 0 saturated heterocycles. The van der Waals surface area contributed by atoms with Gasteiger partial charge in [0.25, 0.3) is 0 Å². The second kappa shape index (κ2) is 17.3. The second-order valence-electron chi connectivity index (χ2n) is 5.29. The fourth-order valence-corrected chi connectivity index (χ4v) is 2.02. The smallest absolute Gasteiger partial charge is 0.0861 e. The number of rotatable bonds is 14. The highest BCUT2D eigenvalue weighted by Gasteiger charge is 1.87. The summed E-state index contributed by atoms with van der Waals surface area (Å²) in [5.41, 5.74) is 0. The van der Waals surface area contributed by atoms with E-state index >= 15 is 0 Å². The van der Waals surface area contributed by atoms with Crippen LogP contribution in [0, 0.1) is 0 Å². The lowest BCUT2D eigenvalue weighted by Crippen LogP contribution is -1.77. The van der Waals surface area contributed by atoms with E-state index in [4.69, 9.17) is 4.74 Å². The summed E-state index contributed by atoms with van der Waals surface area (Å²) in [5.74, 6) is 0. The monoisotopic (exact) mass is 266 g/mol. The van der Waals surface area contributed by atoms with Crippen LogP contribution in [0.25, 0.3) is 0 Å². The number of allylic oxidation sites excluding steroid dienone is 2. The molecule has 0 radical (unpaired) electrons. The maximum atomic E-state index is 5.33. The molecule has 0 amide bonds. The van der Waals surface area contributed by atoms with Crippen LogP contribution in [0.1, 0.15) is 90.9 Å². The van der Waals surface area contributed by atoms with Gasteiger partial charge in [-0.2, -0.15) is 0 Å². The van der Waals surface area contributed by atoms with Gasteiger partial charge in [-0.15, -0.1) is 0 Å². The highest BCUT2D eigenvalue weighted by Crippen LogP contribution is 2.06. The zero-order valence-corrected chi connectivity index (χ0v) is 13.2. The van der Waals surface area contributed by atoms with E-state index in [2.05, 4.69) is 26.0 Å². The van der Waals surface area contributed by atoms with Gasteiger partial charge in [-0.05, 0) is 37.8 Å². The molecule has 0 heterocycles. The summed E-state index contributed by atoms with van der Waals surface area (Å²) < 4.78 is 5.33. The molecule has 0 aliphatic rings. The molecule has 0 aliphatic carbocycles. The SMILES string of the molecule is CCCCCCC/C=C/O/C=C/CCCCCCC. The van der Waals surface area contributed by atoms with Gasteiger partial charge in [0.15, 0.2) is 0 Å². The van der Waals surface area contributed by atoms with E-state index < -0.39 is 0 Å². The van der Waals surface area contributed by atoms with E-state index in [-0.39, 0.29) is 0 Å². The fraction of sp³-hybridized carbons (Fsp3) is 0.778. The summed E-state index contributed by atoms with van der Waals surface area (Å²) in [6.45, 7) is 4.51. The Morgan fingerprint density at radius 2 is 1.00 bits per heavy atom. The van der Waals surface area contributed by atoms with Crippen molar-refractivity contribution in [2.45, 2.75) is 90.9 Å². The molecule has 0 spiro atoms. The summed E-state index contributed by atoms with van der Waals surface area (Å²) in [5, 5.41) is 0. The van der Waals surface area contributed by atoms with Crippen molar-refractivity contribution in [3.63, 3.8) is 0 Å². The first kappa shape index (κ1) is 18.3. The number of unbranched alkanes of at least 4 members (excludes halogenated alkanes) is 10. The maximum Gasteiger partial charge on any atom is 0.0861 e. The Morgan fingerprint density at radius 3 is 1.42 bits per heavy atom. The van der Waals surface area contributed by atoms with Gasteiger partial charge < -0.3 is 4.74 Å². The first-order valence-corrected chi connectivity index (χ1v) is 8.37. The Kier molecular flexibility index (Phi) is 16.6. The van der Waals surface area contributed by atoms with Crippen LogP contribution < -0.4 is 0 Å². The Labute approximate surface area is 121 Å². The molecule has 0 aromatic heterocycles. The van der Waals surface area contributed by atoms with Gasteiger partial charge in [0, 0.05) is 0 Å². The van der Waals surface area contributed by atoms with Crippen LogP contribution in [0.4, 0.5) is 0 Å². The van der Waals surface area contributed by atoms with Gasteiger partial charge in [-0.25, -0.2) is 0 Å². The van der Waals surface area contributed by atoms with Gasteiger partial charge in [0.1, 0.15) is 0 Å². The third-order valence-electron chi connectivity index (χ3n) is 3.30. The third-order valence-corrected chi connectivity index (χ3v) is 3.30. The minimum Gasteiger partial charge on any atom is -0.473 e. The van der Waals surface area contributed by atoms with Crippen LogP contribution in [-0.4, -0.2) is 0 Å². The molecule has 0 atom stereocenters. The minimum atomic E-state index is 1.15. The largest absolute Gasteiger partial charge is 0.473 e. The van der Waals surface area contributed by atoms with E-state index in [0.29, 0.717) is 0 Å². The molecule has 0 aromatic carbocycles. The Morgan fingerprint density at radius 1 is 0.579 bits per heavy atom. The van der Waals surface area contributed by atoms with Gasteiger partial charge in [-0.3, -0.25) is 0 Å². The molecule has 1 nitrogen and oxygen atoms in total. The van der Waals surface area contributed by atoms with Crippen molar-refractivity contribution in [3.05, 3.63) is 24.7 Å². The molecule has 0 saturated carbocycles. The summed E-state index contributed by atoms with van der Waals surface area (Å²) in [6.07, 6.45) is 23.7. The molecule has 1 heteroatoms. The molecule has 0 aliphatic heterocycles. The molecular weight excluding hydrogens is 232 g/mol. The normalized spacial score (nSPS) is 11.7. The molecular formula is C18H34O. The van der Waals surface area contributed by atoms with Crippen molar-refractivity contribution in [2.75, 3.05) is 0 Å². The number of hydrogen-bond donors (Lipinski definition) is 0. The number of hydrogen-bond acceptors (Lipinski definition) is 1. The zero-order chi connectivity index (χ0) is 14.0. The highest BCUT2D eigenvalue weighted by atomic mass is 16.5. The number of ether oxygens (including phenoxy) is 1. The van der Waals surface area contributed by atoms with E-state index in [9.17, 15) is 0 Å². The average Bonchev–Trinajstić information content (AvgIpc) is 2.43. The summed E-state index contributed by atoms with van der Waals surface area (Å²) in [4.78, 5) is 0. The Hall–Kier alpha value is -0.720. The molecule has 19 heavy (non-hydrogen) atoms. The highest BCUT2D eigenvalue weighted by molar-refractivity contribution is 4.79. The predicted octanol–water partition coefficient (Wildman–Crippen LogP) is 6.75. The molecule has 0 aromatic rings. The first-order valence-electron chi connectivity index (χ1n) is 8.37. The summed E-state index contributed by atoms with van der Waals surface area (Å²) in [7, 11) is 0. The Balaban J connectivity index is 3.14. The molecule has 0 bridgehead atoms. The lowest BCUT2D eigenvalue weighted by molar-refractivity contribution is 0.397. The molecule has 0 rings (SSSR count). The fourth-order valence-electron chi connectivity index (χ4n) is 2.02. The molecule has 0 fully saturated rings. The van der Waals surface area contributed by atoms with Crippen LogP contribution in [0.3, 0.4) is 0 Å². The van der Waals surface area contributed by atoms with Gasteiger partial charge in [-0.1, -0.05) is 65.2 Å². The predicted molar refractivity (Wildman–Crippen MR) is 86.1 cm³/mol. The standard InChI is InChI=1S/C18H34O/c1-3-5-7-9-11-13-15-17-19-18-16-14-12-10-8-6-4-2/h15-18H,3-14H2,1-2H3/b17-15+,18-16+. The lowest BCUT2D eigenvalue weighted by Gasteiger charge is -1.97. The summed E-state index contributed by atoms with van der Waals surface area (Å²) in [6, 6.07) is 0. The van der Waals surface area contributed by atoms with Crippen molar-refractivity contribution < 1.29 is 4.74 Å². The van der Waals surface area contributed by atoms with Crippen molar-refractivity contribution >= 4 is 0 Å². The van der Waals surface area contributed by atoms with Crippen molar-refractivity contribution in [1.29, 1.82) is 0 Å².